The lowest BCUT2D eigenvalue weighted by Gasteiger charge is -2.41. The third-order valence-corrected chi connectivity index (χ3v) is 3.81. The number of halogens is 2. The van der Waals surface area contributed by atoms with E-state index in [4.69, 9.17) is 0 Å². The molecule has 1 saturated carbocycles. The summed E-state index contributed by atoms with van der Waals surface area (Å²) in [5.74, 6) is -5.54. The molecule has 4 nitrogen and oxygen atoms in total. The molecule has 2 rings (SSSR count). The van der Waals surface area contributed by atoms with Crippen molar-refractivity contribution in [1.29, 1.82) is 0 Å². The molecule has 0 aromatic heterocycles. The summed E-state index contributed by atoms with van der Waals surface area (Å²) in [5.41, 5.74) is -1.80. The van der Waals surface area contributed by atoms with E-state index in [9.17, 15) is 23.5 Å². The van der Waals surface area contributed by atoms with E-state index in [1.807, 2.05) is 0 Å². The van der Waals surface area contributed by atoms with Crippen LogP contribution in [0, 0.1) is 0 Å². The van der Waals surface area contributed by atoms with Crippen LogP contribution < -0.4 is 5.32 Å². The summed E-state index contributed by atoms with van der Waals surface area (Å²) in [7, 11) is 0. The molecule has 1 aromatic carbocycles. The Labute approximate surface area is 121 Å². The Balaban J connectivity index is 2.14. The van der Waals surface area contributed by atoms with Crippen LogP contribution in [0.25, 0.3) is 0 Å². The number of benzene rings is 1. The third-order valence-electron chi connectivity index (χ3n) is 3.81. The number of carbonyl (C=O) groups is 2. The highest BCUT2D eigenvalue weighted by Crippen LogP contribution is 2.44. The number of amides is 1. The zero-order chi connectivity index (χ0) is 15.7. The van der Waals surface area contributed by atoms with Crippen molar-refractivity contribution in [2.75, 3.05) is 5.32 Å². The van der Waals surface area contributed by atoms with E-state index in [-0.39, 0.29) is 30.7 Å². The van der Waals surface area contributed by atoms with E-state index >= 15 is 0 Å². The molecule has 0 bridgehead atoms. The van der Waals surface area contributed by atoms with E-state index in [1.165, 1.54) is 18.2 Å². The molecule has 0 spiro atoms. The fourth-order valence-corrected chi connectivity index (χ4v) is 2.22. The second-order valence-electron chi connectivity index (χ2n) is 5.27. The first kappa shape index (κ1) is 15.6. The molecule has 0 saturated heterocycles. The van der Waals surface area contributed by atoms with Crippen LogP contribution in [0.15, 0.2) is 24.3 Å². The van der Waals surface area contributed by atoms with E-state index in [2.05, 4.69) is 5.32 Å². The van der Waals surface area contributed by atoms with Gasteiger partial charge in [-0.2, -0.15) is 8.78 Å². The van der Waals surface area contributed by atoms with E-state index in [0.29, 0.717) is 12.0 Å². The lowest BCUT2D eigenvalue weighted by Crippen LogP contribution is -2.59. The smallest absolute Gasteiger partial charge is 0.352 e. The Morgan fingerprint density at radius 2 is 2.05 bits per heavy atom. The Morgan fingerprint density at radius 1 is 1.38 bits per heavy atom. The van der Waals surface area contributed by atoms with Gasteiger partial charge in [-0.3, -0.25) is 9.59 Å². The van der Waals surface area contributed by atoms with Gasteiger partial charge < -0.3 is 10.4 Å². The quantitative estimate of drug-likeness (QED) is 0.821. The number of Topliss-reactive ketones (excluding diaryl/α,β-unsaturated/α-hetero) is 1. The van der Waals surface area contributed by atoms with Gasteiger partial charge in [-0.1, -0.05) is 19.1 Å². The van der Waals surface area contributed by atoms with Crippen LogP contribution in [0.2, 0.25) is 0 Å². The summed E-state index contributed by atoms with van der Waals surface area (Å²) in [4.78, 5) is 23.3. The SMILES string of the molecule is CCC(=O)c1cccc(NC(=O)C(F)(F)C2(O)CCC2)c1. The normalized spacial score (nSPS) is 17.0. The van der Waals surface area contributed by atoms with Gasteiger partial charge >= 0.3 is 5.92 Å². The van der Waals surface area contributed by atoms with Crippen molar-refractivity contribution in [1.82, 2.24) is 0 Å². The summed E-state index contributed by atoms with van der Waals surface area (Å²) in [6.45, 7) is 1.69. The van der Waals surface area contributed by atoms with Crippen molar-refractivity contribution in [3.8, 4) is 0 Å². The molecule has 0 heterocycles. The topological polar surface area (TPSA) is 66.4 Å². The molecule has 6 heteroatoms. The van der Waals surface area contributed by atoms with Gasteiger partial charge in [0.05, 0.1) is 0 Å². The molecule has 1 aliphatic carbocycles. The molecule has 0 unspecified atom stereocenters. The number of rotatable bonds is 5. The van der Waals surface area contributed by atoms with Crippen LogP contribution >= 0.6 is 0 Å². The van der Waals surface area contributed by atoms with Gasteiger partial charge in [0, 0.05) is 17.7 Å². The molecule has 114 valence electrons. The van der Waals surface area contributed by atoms with Crippen LogP contribution in [-0.2, 0) is 4.79 Å². The average Bonchev–Trinajstić information content (AvgIpc) is 2.43. The second-order valence-corrected chi connectivity index (χ2v) is 5.27. The van der Waals surface area contributed by atoms with Crippen LogP contribution in [-0.4, -0.2) is 28.3 Å². The minimum absolute atomic E-state index is 0.0955. The first-order valence-electron chi connectivity index (χ1n) is 6.85. The summed E-state index contributed by atoms with van der Waals surface area (Å²) >= 11 is 0. The molecule has 21 heavy (non-hydrogen) atoms. The molecular weight excluding hydrogens is 280 g/mol. The number of anilines is 1. The number of hydrogen-bond acceptors (Lipinski definition) is 3. The standard InChI is InChI=1S/C15H17F2NO3/c1-2-12(19)10-5-3-6-11(9-10)18-13(20)15(16,17)14(21)7-4-8-14/h3,5-6,9,21H,2,4,7-8H2,1H3,(H,18,20). The predicted molar refractivity (Wildman–Crippen MR) is 73.4 cm³/mol. The molecule has 2 N–H and O–H groups in total. The number of carbonyl (C=O) groups excluding carboxylic acids is 2. The van der Waals surface area contributed by atoms with Crippen molar-refractivity contribution in [3.05, 3.63) is 29.8 Å². The fourth-order valence-electron chi connectivity index (χ4n) is 2.22. The van der Waals surface area contributed by atoms with Gasteiger partial charge in [-0.25, -0.2) is 0 Å². The maximum Gasteiger partial charge on any atom is 0.352 e. The third kappa shape index (κ3) is 2.81. The number of nitrogens with one attached hydrogen (secondary N) is 1. The second kappa shape index (κ2) is 5.52. The van der Waals surface area contributed by atoms with Crippen molar-refractivity contribution in [2.45, 2.75) is 44.1 Å². The highest BCUT2D eigenvalue weighted by atomic mass is 19.3. The number of hydrogen-bond donors (Lipinski definition) is 2. The monoisotopic (exact) mass is 297 g/mol. The number of ketones is 1. The lowest BCUT2D eigenvalue weighted by atomic mass is 9.75. The largest absolute Gasteiger partial charge is 0.383 e. The molecule has 1 aliphatic rings. The number of alkyl halides is 2. The summed E-state index contributed by atoms with van der Waals surface area (Å²) in [5, 5.41) is 11.8. The van der Waals surface area contributed by atoms with Crippen LogP contribution in [0.1, 0.15) is 43.0 Å². The molecule has 1 fully saturated rings. The highest BCUT2D eigenvalue weighted by molar-refractivity contribution is 6.00. The minimum Gasteiger partial charge on any atom is -0.383 e. The van der Waals surface area contributed by atoms with Crippen molar-refractivity contribution in [3.63, 3.8) is 0 Å². The first-order valence-corrected chi connectivity index (χ1v) is 6.85. The van der Waals surface area contributed by atoms with Crippen LogP contribution in [0.4, 0.5) is 14.5 Å². The molecule has 1 amide bonds. The van der Waals surface area contributed by atoms with Gasteiger partial charge in [0.15, 0.2) is 5.78 Å². The van der Waals surface area contributed by atoms with Crippen molar-refractivity contribution < 1.29 is 23.5 Å². The molecular formula is C15H17F2NO3. The first-order chi connectivity index (χ1) is 9.80. The highest BCUT2D eigenvalue weighted by Gasteiger charge is 2.61. The fraction of sp³-hybridized carbons (Fsp3) is 0.467. The van der Waals surface area contributed by atoms with Gasteiger partial charge in [-0.05, 0) is 31.4 Å². The zero-order valence-corrected chi connectivity index (χ0v) is 11.7. The Hall–Kier alpha value is -1.82. The summed E-state index contributed by atoms with van der Waals surface area (Å²) in [6.07, 6.45) is 0.566. The Kier molecular flexibility index (Phi) is 4.09. The van der Waals surface area contributed by atoms with Crippen molar-refractivity contribution >= 4 is 17.4 Å². The molecule has 0 atom stereocenters. The van der Waals surface area contributed by atoms with Crippen LogP contribution in [0.3, 0.4) is 0 Å². The summed E-state index contributed by atoms with van der Waals surface area (Å²) < 4.78 is 27.9. The lowest BCUT2D eigenvalue weighted by molar-refractivity contribution is -0.212. The van der Waals surface area contributed by atoms with Gasteiger partial charge in [-0.15, -0.1) is 0 Å². The Morgan fingerprint density at radius 3 is 2.57 bits per heavy atom. The maximum absolute atomic E-state index is 13.9. The Bertz CT molecular complexity index is 568. The minimum atomic E-state index is -3.85. The summed E-state index contributed by atoms with van der Waals surface area (Å²) in [6, 6.07) is 5.84. The van der Waals surface area contributed by atoms with E-state index < -0.39 is 17.4 Å². The van der Waals surface area contributed by atoms with Crippen LogP contribution in [0.5, 0.6) is 0 Å². The molecule has 0 radical (unpaired) electrons. The number of aliphatic hydroxyl groups is 1. The van der Waals surface area contributed by atoms with Gasteiger partial charge in [0.1, 0.15) is 5.60 Å². The maximum atomic E-state index is 13.9. The van der Waals surface area contributed by atoms with Crippen molar-refractivity contribution in [2.24, 2.45) is 0 Å². The predicted octanol–water partition coefficient (Wildman–Crippen LogP) is 2.77. The van der Waals surface area contributed by atoms with Gasteiger partial charge in [0.2, 0.25) is 0 Å². The van der Waals surface area contributed by atoms with E-state index in [0.717, 1.165) is 0 Å². The molecule has 1 aromatic rings. The molecule has 0 aliphatic heterocycles. The average molecular weight is 297 g/mol. The van der Waals surface area contributed by atoms with E-state index in [1.54, 1.807) is 13.0 Å². The zero-order valence-electron chi connectivity index (χ0n) is 11.7. The van der Waals surface area contributed by atoms with Gasteiger partial charge in [0.25, 0.3) is 5.91 Å².